The van der Waals surface area contributed by atoms with Crippen molar-refractivity contribution < 1.29 is 22.7 Å². The van der Waals surface area contributed by atoms with Gasteiger partial charge in [0.2, 0.25) is 5.91 Å². The van der Waals surface area contributed by atoms with Gasteiger partial charge in [0.15, 0.2) is 21.3 Å². The smallest absolute Gasteiger partial charge is 0.221 e. The average Bonchev–Trinajstić information content (AvgIpc) is 3.07. The standard InChI is InChI=1S/C19H27NO5S/c1-14(15-7-8-17-18(13-15)25-11-4-10-24-17)20-19(21)9-12-26(22,23)16-5-2-3-6-16/h7-8,13-14,16H,2-6,9-12H2,1H3,(H,20,21)/t14-/m1/s1. The molecule has 0 unspecified atom stereocenters. The summed E-state index contributed by atoms with van der Waals surface area (Å²) >= 11 is 0. The molecule has 144 valence electrons. The topological polar surface area (TPSA) is 81.7 Å². The van der Waals surface area contributed by atoms with Crippen molar-refractivity contribution in [2.45, 2.75) is 56.7 Å². The van der Waals surface area contributed by atoms with Gasteiger partial charge in [-0.25, -0.2) is 8.42 Å². The van der Waals surface area contributed by atoms with Crippen LogP contribution in [0.15, 0.2) is 18.2 Å². The minimum Gasteiger partial charge on any atom is -0.490 e. The van der Waals surface area contributed by atoms with E-state index >= 15 is 0 Å². The number of rotatable bonds is 6. The van der Waals surface area contributed by atoms with Crippen LogP contribution in [0.3, 0.4) is 0 Å². The molecule has 2 aliphatic rings. The molecule has 6 nitrogen and oxygen atoms in total. The van der Waals surface area contributed by atoms with E-state index in [-0.39, 0.29) is 29.4 Å². The predicted octanol–water partition coefficient (Wildman–Crippen LogP) is 2.77. The van der Waals surface area contributed by atoms with Crippen molar-refractivity contribution in [1.29, 1.82) is 0 Å². The van der Waals surface area contributed by atoms with Crippen molar-refractivity contribution in [3.63, 3.8) is 0 Å². The first-order chi connectivity index (χ1) is 12.5. The van der Waals surface area contributed by atoms with Gasteiger partial charge in [-0.15, -0.1) is 0 Å². The molecule has 3 rings (SSSR count). The van der Waals surface area contributed by atoms with Crippen LogP contribution in [0.4, 0.5) is 0 Å². The zero-order chi connectivity index (χ0) is 18.6. The second-order valence-corrected chi connectivity index (χ2v) is 9.47. The SMILES string of the molecule is C[C@@H](NC(=O)CCS(=O)(=O)C1CCCC1)c1ccc2c(c1)OCCCO2. The van der Waals surface area contributed by atoms with E-state index in [9.17, 15) is 13.2 Å². The predicted molar refractivity (Wildman–Crippen MR) is 99.3 cm³/mol. The van der Waals surface area contributed by atoms with Gasteiger partial charge in [0.05, 0.1) is 30.3 Å². The lowest BCUT2D eigenvalue weighted by Crippen LogP contribution is -2.30. The van der Waals surface area contributed by atoms with Gasteiger partial charge >= 0.3 is 0 Å². The number of carbonyl (C=O) groups is 1. The third-order valence-corrected chi connectivity index (χ3v) is 7.33. The molecule has 0 saturated heterocycles. The first kappa shape index (κ1) is 19.0. The molecule has 1 saturated carbocycles. The molecule has 1 aromatic carbocycles. The summed E-state index contributed by atoms with van der Waals surface area (Å²) in [6.07, 6.45) is 4.25. The largest absolute Gasteiger partial charge is 0.490 e. The van der Waals surface area contributed by atoms with E-state index in [0.717, 1.165) is 37.7 Å². The van der Waals surface area contributed by atoms with Crippen LogP contribution in [0.2, 0.25) is 0 Å². The Hall–Kier alpha value is -1.76. The van der Waals surface area contributed by atoms with Gasteiger partial charge in [0.1, 0.15) is 0 Å². The highest BCUT2D eigenvalue weighted by molar-refractivity contribution is 7.92. The molecule has 1 atom stereocenters. The van der Waals surface area contributed by atoms with Crippen LogP contribution in [-0.4, -0.2) is 38.5 Å². The summed E-state index contributed by atoms with van der Waals surface area (Å²) < 4.78 is 35.8. The Morgan fingerprint density at radius 1 is 1.15 bits per heavy atom. The molecule has 1 aliphatic heterocycles. The van der Waals surface area contributed by atoms with E-state index in [1.54, 1.807) is 0 Å². The summed E-state index contributed by atoms with van der Waals surface area (Å²) in [7, 11) is -3.17. The van der Waals surface area contributed by atoms with E-state index in [1.807, 2.05) is 25.1 Å². The summed E-state index contributed by atoms with van der Waals surface area (Å²) in [5, 5.41) is 2.63. The lowest BCUT2D eigenvalue weighted by Gasteiger charge is -2.17. The Balaban J connectivity index is 1.55. The summed E-state index contributed by atoms with van der Waals surface area (Å²) in [5.41, 5.74) is 0.904. The zero-order valence-corrected chi connectivity index (χ0v) is 16.0. The Morgan fingerprint density at radius 2 is 1.85 bits per heavy atom. The molecule has 0 aromatic heterocycles. The first-order valence-corrected chi connectivity index (χ1v) is 11.1. The molecular weight excluding hydrogens is 354 g/mol. The number of ether oxygens (including phenoxy) is 2. The molecule has 1 N–H and O–H groups in total. The molecule has 1 aliphatic carbocycles. The fraction of sp³-hybridized carbons (Fsp3) is 0.632. The monoisotopic (exact) mass is 381 g/mol. The highest BCUT2D eigenvalue weighted by Crippen LogP contribution is 2.32. The summed E-state index contributed by atoms with van der Waals surface area (Å²) in [4.78, 5) is 12.2. The second kappa shape index (κ2) is 8.29. The third-order valence-electron chi connectivity index (χ3n) is 5.07. The number of hydrogen-bond acceptors (Lipinski definition) is 5. The molecule has 7 heteroatoms. The van der Waals surface area contributed by atoms with Gasteiger partial charge in [-0.05, 0) is 37.5 Å². The second-order valence-electron chi connectivity index (χ2n) is 7.07. The van der Waals surface area contributed by atoms with Crippen LogP contribution in [0.1, 0.15) is 57.1 Å². The first-order valence-electron chi connectivity index (χ1n) is 9.36. The molecule has 1 amide bonds. The van der Waals surface area contributed by atoms with Crippen molar-refractivity contribution in [2.24, 2.45) is 0 Å². The van der Waals surface area contributed by atoms with E-state index in [0.29, 0.717) is 24.7 Å². The number of hydrogen-bond donors (Lipinski definition) is 1. The maximum atomic E-state index is 12.3. The molecule has 0 bridgehead atoms. The van der Waals surface area contributed by atoms with Crippen molar-refractivity contribution in [3.05, 3.63) is 23.8 Å². The number of fused-ring (bicyclic) bond motifs is 1. The number of benzene rings is 1. The normalized spacial score (nSPS) is 19.0. The maximum Gasteiger partial charge on any atom is 0.221 e. The molecule has 1 fully saturated rings. The number of nitrogens with one attached hydrogen (secondary N) is 1. The summed E-state index contributed by atoms with van der Waals surface area (Å²) in [6, 6.07) is 5.39. The van der Waals surface area contributed by atoms with Gasteiger partial charge in [-0.1, -0.05) is 18.9 Å². The van der Waals surface area contributed by atoms with Crippen LogP contribution in [0, 0.1) is 0 Å². The highest BCUT2D eigenvalue weighted by Gasteiger charge is 2.29. The number of sulfone groups is 1. The van der Waals surface area contributed by atoms with Gasteiger partial charge in [0.25, 0.3) is 0 Å². The molecule has 0 radical (unpaired) electrons. The maximum absolute atomic E-state index is 12.3. The molecule has 1 aromatic rings. The number of amides is 1. The summed E-state index contributed by atoms with van der Waals surface area (Å²) in [5.74, 6) is 1.08. The van der Waals surface area contributed by atoms with Gasteiger partial charge in [-0.3, -0.25) is 4.79 Å². The van der Waals surface area contributed by atoms with E-state index in [4.69, 9.17) is 9.47 Å². The van der Waals surface area contributed by atoms with Crippen LogP contribution in [0.25, 0.3) is 0 Å². The van der Waals surface area contributed by atoms with Crippen LogP contribution < -0.4 is 14.8 Å². The minimum atomic E-state index is -3.17. The van der Waals surface area contributed by atoms with Crippen molar-refractivity contribution in [3.8, 4) is 11.5 Å². The van der Waals surface area contributed by atoms with E-state index in [1.165, 1.54) is 0 Å². The minimum absolute atomic E-state index is 0.00766. The van der Waals surface area contributed by atoms with Crippen LogP contribution >= 0.6 is 0 Å². The van der Waals surface area contributed by atoms with Gasteiger partial charge in [-0.2, -0.15) is 0 Å². The Bertz CT molecular complexity index is 740. The number of carbonyl (C=O) groups excluding carboxylic acids is 1. The van der Waals surface area contributed by atoms with E-state index < -0.39 is 9.84 Å². The Kier molecular flexibility index (Phi) is 6.06. The average molecular weight is 381 g/mol. The Morgan fingerprint density at radius 3 is 2.58 bits per heavy atom. The third kappa shape index (κ3) is 4.69. The molecule has 1 heterocycles. The van der Waals surface area contributed by atoms with Gasteiger partial charge < -0.3 is 14.8 Å². The molecule has 26 heavy (non-hydrogen) atoms. The lowest BCUT2D eigenvalue weighted by atomic mass is 10.1. The summed E-state index contributed by atoms with van der Waals surface area (Å²) in [6.45, 7) is 3.12. The highest BCUT2D eigenvalue weighted by atomic mass is 32.2. The molecule has 0 spiro atoms. The lowest BCUT2D eigenvalue weighted by molar-refractivity contribution is -0.121. The van der Waals surface area contributed by atoms with Crippen LogP contribution in [0.5, 0.6) is 11.5 Å². The van der Waals surface area contributed by atoms with Crippen molar-refractivity contribution >= 4 is 15.7 Å². The quantitative estimate of drug-likeness (QED) is 0.819. The fourth-order valence-electron chi connectivity index (χ4n) is 3.50. The molecular formula is C19H27NO5S. The van der Waals surface area contributed by atoms with Crippen molar-refractivity contribution in [1.82, 2.24) is 5.32 Å². The van der Waals surface area contributed by atoms with Gasteiger partial charge in [0, 0.05) is 12.8 Å². The van der Waals surface area contributed by atoms with Crippen molar-refractivity contribution in [2.75, 3.05) is 19.0 Å². The van der Waals surface area contributed by atoms with Crippen LogP contribution in [-0.2, 0) is 14.6 Å². The zero-order valence-electron chi connectivity index (χ0n) is 15.2. The Labute approximate surface area is 155 Å². The van der Waals surface area contributed by atoms with E-state index in [2.05, 4.69) is 5.32 Å². The fourth-order valence-corrected chi connectivity index (χ4v) is 5.35.